The van der Waals surface area contributed by atoms with Crippen molar-refractivity contribution in [3.05, 3.63) is 29.1 Å². The van der Waals surface area contributed by atoms with Crippen LogP contribution in [0, 0.1) is 11.2 Å². The van der Waals surface area contributed by atoms with Crippen molar-refractivity contribution in [3.63, 3.8) is 0 Å². The van der Waals surface area contributed by atoms with Crippen molar-refractivity contribution < 1.29 is 19.0 Å². The molecule has 1 atom stereocenters. The minimum Gasteiger partial charge on any atom is -0.493 e. The second-order valence-corrected chi connectivity index (χ2v) is 8.46. The molecular formula is C19H28FNO3. The zero-order valence-electron chi connectivity index (χ0n) is 15.4. The number of methoxy groups -OCH3 is 1. The van der Waals surface area contributed by atoms with Crippen LogP contribution in [0.1, 0.15) is 58.2 Å². The van der Waals surface area contributed by atoms with Crippen LogP contribution in [0.15, 0.2) is 12.1 Å². The highest BCUT2D eigenvalue weighted by molar-refractivity contribution is 5.77. The van der Waals surface area contributed by atoms with E-state index in [9.17, 15) is 14.3 Å². The molecule has 134 valence electrons. The summed E-state index contributed by atoms with van der Waals surface area (Å²) in [7, 11) is 1.38. The largest absolute Gasteiger partial charge is 0.493 e. The fourth-order valence-corrected chi connectivity index (χ4v) is 3.33. The molecule has 4 nitrogen and oxygen atoms in total. The standard InChI is InChI=1S/C19H28FNO3/c1-18(2,3)12-9-13(16(24-6)14(20)10-12)15(17(22)23)21-8-7-19(4,5)11-21/h9-10,15H,7-8,11H2,1-6H3,(H,22,23). The van der Waals surface area contributed by atoms with E-state index in [0.29, 0.717) is 18.7 Å². The molecule has 0 aliphatic carbocycles. The highest BCUT2D eigenvalue weighted by Gasteiger charge is 2.39. The van der Waals surface area contributed by atoms with Crippen molar-refractivity contribution in [2.24, 2.45) is 5.41 Å². The number of hydrogen-bond donors (Lipinski definition) is 1. The third kappa shape index (κ3) is 3.72. The number of hydrogen-bond acceptors (Lipinski definition) is 3. The van der Waals surface area contributed by atoms with Crippen molar-refractivity contribution in [1.29, 1.82) is 0 Å². The van der Waals surface area contributed by atoms with Gasteiger partial charge in [0.05, 0.1) is 7.11 Å². The van der Waals surface area contributed by atoms with Crippen molar-refractivity contribution in [2.75, 3.05) is 20.2 Å². The molecule has 0 radical (unpaired) electrons. The summed E-state index contributed by atoms with van der Waals surface area (Å²) in [4.78, 5) is 13.9. The van der Waals surface area contributed by atoms with Crippen LogP contribution in [0.4, 0.5) is 4.39 Å². The summed E-state index contributed by atoms with van der Waals surface area (Å²) in [5, 5.41) is 9.84. The maximum absolute atomic E-state index is 14.6. The van der Waals surface area contributed by atoms with Gasteiger partial charge in [-0.2, -0.15) is 0 Å². The molecule has 2 rings (SSSR count). The predicted octanol–water partition coefficient (Wildman–Crippen LogP) is 3.99. The first-order valence-electron chi connectivity index (χ1n) is 8.31. The van der Waals surface area contributed by atoms with Crippen molar-refractivity contribution >= 4 is 5.97 Å². The molecule has 24 heavy (non-hydrogen) atoms. The van der Waals surface area contributed by atoms with Gasteiger partial charge >= 0.3 is 5.97 Å². The van der Waals surface area contributed by atoms with Crippen LogP contribution in [0.25, 0.3) is 0 Å². The molecule has 1 N–H and O–H groups in total. The number of ether oxygens (including phenoxy) is 1. The van der Waals surface area contributed by atoms with E-state index in [2.05, 4.69) is 13.8 Å². The number of halogens is 1. The molecule has 1 heterocycles. The molecule has 0 bridgehead atoms. The Hall–Kier alpha value is -1.62. The number of carbonyl (C=O) groups is 1. The number of likely N-dealkylation sites (tertiary alicyclic amines) is 1. The zero-order valence-corrected chi connectivity index (χ0v) is 15.4. The van der Waals surface area contributed by atoms with E-state index >= 15 is 0 Å². The average molecular weight is 337 g/mol. The summed E-state index contributed by atoms with van der Waals surface area (Å²) in [6.07, 6.45) is 0.917. The monoisotopic (exact) mass is 337 g/mol. The van der Waals surface area contributed by atoms with Gasteiger partial charge in [-0.15, -0.1) is 0 Å². The smallest absolute Gasteiger partial charge is 0.325 e. The third-order valence-corrected chi connectivity index (χ3v) is 4.74. The highest BCUT2D eigenvalue weighted by atomic mass is 19.1. The Bertz CT molecular complexity index is 634. The van der Waals surface area contributed by atoms with E-state index in [1.54, 1.807) is 6.07 Å². The predicted molar refractivity (Wildman–Crippen MR) is 92.0 cm³/mol. The molecular weight excluding hydrogens is 309 g/mol. The maximum Gasteiger partial charge on any atom is 0.325 e. The molecule has 0 aromatic heterocycles. The first-order chi connectivity index (χ1) is 11.0. The van der Waals surface area contributed by atoms with E-state index in [4.69, 9.17) is 4.74 Å². The Balaban J connectivity index is 2.57. The molecule has 1 fully saturated rings. The number of carboxylic acid groups (broad SMARTS) is 1. The maximum atomic E-state index is 14.6. The molecule has 0 saturated carbocycles. The Morgan fingerprint density at radius 3 is 2.42 bits per heavy atom. The Morgan fingerprint density at radius 1 is 1.38 bits per heavy atom. The fourth-order valence-electron chi connectivity index (χ4n) is 3.33. The minimum absolute atomic E-state index is 0.0279. The van der Waals surface area contributed by atoms with Crippen LogP contribution in [0.2, 0.25) is 0 Å². The molecule has 5 heteroatoms. The lowest BCUT2D eigenvalue weighted by Gasteiger charge is -2.29. The quantitative estimate of drug-likeness (QED) is 0.902. The van der Waals surface area contributed by atoms with Gasteiger partial charge in [0, 0.05) is 12.1 Å². The molecule has 1 aliphatic heterocycles. The molecule has 1 unspecified atom stereocenters. The van der Waals surface area contributed by atoms with Gasteiger partial charge in [0.1, 0.15) is 6.04 Å². The number of carboxylic acids is 1. The van der Waals surface area contributed by atoms with Crippen molar-refractivity contribution in [3.8, 4) is 5.75 Å². The molecule has 1 saturated heterocycles. The normalized spacial score (nSPS) is 19.3. The van der Waals surface area contributed by atoms with E-state index in [1.165, 1.54) is 13.2 Å². The van der Waals surface area contributed by atoms with Crippen LogP contribution in [0.3, 0.4) is 0 Å². The van der Waals surface area contributed by atoms with E-state index in [1.807, 2.05) is 25.7 Å². The summed E-state index contributed by atoms with van der Waals surface area (Å²) in [5.41, 5.74) is 0.934. The lowest BCUT2D eigenvalue weighted by atomic mass is 9.84. The second kappa shape index (κ2) is 6.36. The Kier molecular flexibility index (Phi) is 4.96. The zero-order chi connectivity index (χ0) is 18.3. The van der Waals surface area contributed by atoms with Gasteiger partial charge in [-0.3, -0.25) is 9.69 Å². The SMILES string of the molecule is COc1c(F)cc(C(C)(C)C)cc1C(C(=O)O)N1CCC(C)(C)C1. The number of rotatable bonds is 4. The third-order valence-electron chi connectivity index (χ3n) is 4.74. The first-order valence-corrected chi connectivity index (χ1v) is 8.31. The molecule has 1 aromatic rings. The number of benzene rings is 1. The van der Waals surface area contributed by atoms with E-state index in [0.717, 1.165) is 12.0 Å². The fraction of sp³-hybridized carbons (Fsp3) is 0.632. The van der Waals surface area contributed by atoms with Gasteiger partial charge in [0.2, 0.25) is 0 Å². The van der Waals surface area contributed by atoms with Gasteiger partial charge in [-0.25, -0.2) is 4.39 Å². The summed E-state index contributed by atoms with van der Waals surface area (Å²) in [5.74, 6) is -1.46. The lowest BCUT2D eigenvalue weighted by Crippen LogP contribution is -2.34. The van der Waals surface area contributed by atoms with Gasteiger partial charge in [-0.05, 0) is 41.5 Å². The molecule has 1 aromatic carbocycles. The Labute approximate surface area is 143 Å². The summed E-state index contributed by atoms with van der Waals surface area (Å²) >= 11 is 0. The highest BCUT2D eigenvalue weighted by Crippen LogP contribution is 2.40. The number of nitrogens with zero attached hydrogens (tertiary/aromatic N) is 1. The van der Waals surface area contributed by atoms with Crippen LogP contribution in [0.5, 0.6) is 5.75 Å². The van der Waals surface area contributed by atoms with Crippen LogP contribution in [-0.4, -0.2) is 36.2 Å². The van der Waals surface area contributed by atoms with Crippen molar-refractivity contribution in [1.82, 2.24) is 4.90 Å². The molecule has 1 aliphatic rings. The lowest BCUT2D eigenvalue weighted by molar-refractivity contribution is -0.143. The van der Waals surface area contributed by atoms with Crippen molar-refractivity contribution in [2.45, 2.75) is 52.5 Å². The van der Waals surface area contributed by atoms with E-state index < -0.39 is 17.8 Å². The van der Waals surface area contributed by atoms with Gasteiger partial charge in [-0.1, -0.05) is 34.6 Å². The number of aliphatic carboxylic acids is 1. The van der Waals surface area contributed by atoms with Gasteiger partial charge in [0.15, 0.2) is 11.6 Å². The first kappa shape index (κ1) is 18.7. The molecule has 0 spiro atoms. The van der Waals surface area contributed by atoms with Crippen LogP contribution in [-0.2, 0) is 10.2 Å². The van der Waals surface area contributed by atoms with Crippen LogP contribution < -0.4 is 4.74 Å². The van der Waals surface area contributed by atoms with Gasteiger partial charge in [0.25, 0.3) is 0 Å². The Morgan fingerprint density at radius 2 is 2.00 bits per heavy atom. The summed E-state index contributed by atoms with van der Waals surface area (Å²) < 4.78 is 19.8. The second-order valence-electron chi connectivity index (χ2n) is 8.46. The van der Waals surface area contributed by atoms with Crippen LogP contribution >= 0.6 is 0 Å². The average Bonchev–Trinajstić information content (AvgIpc) is 2.77. The topological polar surface area (TPSA) is 49.8 Å². The molecule has 0 amide bonds. The summed E-state index contributed by atoms with van der Waals surface area (Å²) in [6, 6.07) is 2.32. The summed E-state index contributed by atoms with van der Waals surface area (Å²) in [6.45, 7) is 11.5. The van der Waals surface area contributed by atoms with E-state index in [-0.39, 0.29) is 16.6 Å². The minimum atomic E-state index is -0.976. The van der Waals surface area contributed by atoms with Gasteiger partial charge < -0.3 is 9.84 Å².